The van der Waals surface area contributed by atoms with E-state index in [4.69, 9.17) is 10.5 Å². The molecule has 0 unspecified atom stereocenters. The van der Waals surface area contributed by atoms with E-state index < -0.39 is 5.54 Å². The van der Waals surface area contributed by atoms with Gasteiger partial charge in [-0.3, -0.25) is 4.79 Å². The van der Waals surface area contributed by atoms with Gasteiger partial charge >= 0.3 is 0 Å². The molecule has 18 heavy (non-hydrogen) atoms. The van der Waals surface area contributed by atoms with E-state index in [1.807, 2.05) is 32.0 Å². The van der Waals surface area contributed by atoms with Gasteiger partial charge in [-0.05, 0) is 50.5 Å². The maximum Gasteiger partial charge on any atom is 0.246 e. The number of hydrogen-bond acceptors (Lipinski definition) is 3. The lowest BCUT2D eigenvalue weighted by molar-refractivity contribution is -0.120. The first-order valence-corrected chi connectivity index (χ1v) is 6.28. The lowest BCUT2D eigenvalue weighted by Crippen LogP contribution is -2.43. The molecular formula is C14H20N2O2. The highest BCUT2D eigenvalue weighted by Gasteiger charge is 2.47. The quantitative estimate of drug-likeness (QED) is 0.884. The Morgan fingerprint density at radius 2 is 2.17 bits per heavy atom. The van der Waals surface area contributed by atoms with E-state index in [9.17, 15) is 4.79 Å². The fraction of sp³-hybridized carbons (Fsp3) is 0.500. The second-order valence-electron chi connectivity index (χ2n) is 4.90. The molecule has 1 aliphatic carbocycles. The molecule has 1 aromatic rings. The van der Waals surface area contributed by atoms with Gasteiger partial charge in [-0.25, -0.2) is 0 Å². The number of hydrogen-bond donors (Lipinski definition) is 1. The van der Waals surface area contributed by atoms with Crippen molar-refractivity contribution in [3.8, 4) is 5.75 Å². The summed E-state index contributed by atoms with van der Waals surface area (Å²) in [6.45, 7) is 4.57. The Morgan fingerprint density at radius 1 is 1.50 bits per heavy atom. The number of aryl methyl sites for hydroxylation is 1. The molecule has 1 aliphatic rings. The highest BCUT2D eigenvalue weighted by molar-refractivity contribution is 6.01. The summed E-state index contributed by atoms with van der Waals surface area (Å²) in [6, 6.07) is 5.74. The molecule has 0 aliphatic heterocycles. The molecule has 4 nitrogen and oxygen atoms in total. The highest BCUT2D eigenvalue weighted by Crippen LogP contribution is 2.35. The van der Waals surface area contributed by atoms with Crippen molar-refractivity contribution in [1.29, 1.82) is 0 Å². The third kappa shape index (κ3) is 2.34. The zero-order valence-corrected chi connectivity index (χ0v) is 11.2. The minimum Gasteiger partial charge on any atom is -0.494 e. The van der Waals surface area contributed by atoms with Gasteiger partial charge in [0.2, 0.25) is 5.91 Å². The first-order chi connectivity index (χ1) is 8.48. The second-order valence-corrected chi connectivity index (χ2v) is 4.90. The molecule has 0 bridgehead atoms. The molecule has 0 spiro atoms. The molecule has 2 rings (SSSR count). The molecule has 0 aromatic heterocycles. The summed E-state index contributed by atoms with van der Waals surface area (Å²) in [5.74, 6) is 0.849. The van der Waals surface area contributed by atoms with Crippen LogP contribution in [0.2, 0.25) is 0 Å². The fourth-order valence-electron chi connectivity index (χ4n) is 1.96. The Labute approximate surface area is 108 Å². The van der Waals surface area contributed by atoms with Crippen molar-refractivity contribution in [2.45, 2.75) is 32.2 Å². The number of nitrogens with zero attached hydrogens (tertiary/aromatic N) is 1. The summed E-state index contributed by atoms with van der Waals surface area (Å²) in [7, 11) is 1.77. The van der Waals surface area contributed by atoms with Crippen LogP contribution in [0, 0.1) is 6.92 Å². The minimum absolute atomic E-state index is 0.00828. The van der Waals surface area contributed by atoms with Crippen molar-refractivity contribution in [2.75, 3.05) is 18.6 Å². The van der Waals surface area contributed by atoms with Crippen LogP contribution in [0.25, 0.3) is 0 Å². The van der Waals surface area contributed by atoms with E-state index in [1.54, 1.807) is 11.9 Å². The zero-order chi connectivity index (χ0) is 13.3. The lowest BCUT2D eigenvalue weighted by Gasteiger charge is -2.22. The first-order valence-electron chi connectivity index (χ1n) is 6.28. The lowest BCUT2D eigenvalue weighted by atomic mass is 10.1. The van der Waals surface area contributed by atoms with Gasteiger partial charge in [-0.15, -0.1) is 0 Å². The van der Waals surface area contributed by atoms with Crippen molar-refractivity contribution in [3.63, 3.8) is 0 Å². The molecule has 0 radical (unpaired) electrons. The van der Waals surface area contributed by atoms with E-state index in [1.165, 1.54) is 0 Å². The predicted molar refractivity (Wildman–Crippen MR) is 71.9 cm³/mol. The Hall–Kier alpha value is -1.55. The standard InChI is InChI=1S/C14H20N2O2/c1-4-18-12-6-5-11(9-10(12)2)16(3)13(17)14(15)7-8-14/h5-6,9H,4,7-8,15H2,1-3H3. The van der Waals surface area contributed by atoms with Gasteiger partial charge in [-0.2, -0.15) is 0 Å². The molecule has 0 atom stereocenters. The van der Waals surface area contributed by atoms with Gasteiger partial charge in [0, 0.05) is 12.7 Å². The molecule has 0 heterocycles. The summed E-state index contributed by atoms with van der Waals surface area (Å²) < 4.78 is 5.48. The van der Waals surface area contributed by atoms with Crippen LogP contribution in [0.5, 0.6) is 5.75 Å². The van der Waals surface area contributed by atoms with Crippen molar-refractivity contribution >= 4 is 11.6 Å². The number of amides is 1. The molecule has 1 saturated carbocycles. The third-order valence-electron chi connectivity index (χ3n) is 3.36. The van der Waals surface area contributed by atoms with Crippen LogP contribution in [0.15, 0.2) is 18.2 Å². The summed E-state index contributed by atoms with van der Waals surface area (Å²) in [5, 5.41) is 0. The SMILES string of the molecule is CCOc1ccc(N(C)C(=O)C2(N)CC2)cc1C. The third-order valence-corrected chi connectivity index (χ3v) is 3.36. The summed E-state index contributed by atoms with van der Waals surface area (Å²) in [4.78, 5) is 13.8. The normalized spacial score (nSPS) is 16.2. The number of carbonyl (C=O) groups is 1. The topological polar surface area (TPSA) is 55.6 Å². The number of nitrogens with two attached hydrogens (primary N) is 1. The number of likely N-dealkylation sites (N-methyl/N-ethyl adjacent to an activating group) is 1. The molecule has 4 heteroatoms. The van der Waals surface area contributed by atoms with Gasteiger partial charge in [0.1, 0.15) is 5.75 Å². The van der Waals surface area contributed by atoms with Crippen LogP contribution in [0.4, 0.5) is 5.69 Å². The van der Waals surface area contributed by atoms with Crippen LogP contribution >= 0.6 is 0 Å². The van der Waals surface area contributed by atoms with Crippen molar-refractivity contribution in [1.82, 2.24) is 0 Å². The Kier molecular flexibility index (Phi) is 3.30. The fourth-order valence-corrected chi connectivity index (χ4v) is 1.96. The number of rotatable bonds is 4. The number of ether oxygens (including phenoxy) is 1. The van der Waals surface area contributed by atoms with Crippen molar-refractivity contribution in [3.05, 3.63) is 23.8 Å². The molecule has 1 amide bonds. The van der Waals surface area contributed by atoms with Crippen LogP contribution in [-0.2, 0) is 4.79 Å². The maximum atomic E-state index is 12.1. The summed E-state index contributed by atoms with van der Waals surface area (Å²) in [5.41, 5.74) is 7.19. The van der Waals surface area contributed by atoms with E-state index in [0.29, 0.717) is 6.61 Å². The summed E-state index contributed by atoms with van der Waals surface area (Å²) in [6.07, 6.45) is 1.57. The number of anilines is 1. The van der Waals surface area contributed by atoms with Gasteiger partial charge in [0.25, 0.3) is 0 Å². The monoisotopic (exact) mass is 248 g/mol. The van der Waals surface area contributed by atoms with Crippen LogP contribution in [0.3, 0.4) is 0 Å². The van der Waals surface area contributed by atoms with Gasteiger partial charge in [0.15, 0.2) is 0 Å². The maximum absolute atomic E-state index is 12.1. The number of carbonyl (C=O) groups excluding carboxylic acids is 1. The Morgan fingerprint density at radius 3 is 2.67 bits per heavy atom. The van der Waals surface area contributed by atoms with Crippen LogP contribution in [-0.4, -0.2) is 25.1 Å². The largest absolute Gasteiger partial charge is 0.494 e. The van der Waals surface area contributed by atoms with Crippen molar-refractivity contribution < 1.29 is 9.53 Å². The zero-order valence-electron chi connectivity index (χ0n) is 11.2. The average Bonchev–Trinajstić information content (AvgIpc) is 3.09. The molecule has 2 N–H and O–H groups in total. The summed E-state index contributed by atoms with van der Waals surface area (Å²) >= 11 is 0. The molecule has 1 aromatic carbocycles. The first kappa shape index (κ1) is 12.9. The van der Waals surface area contributed by atoms with Crippen LogP contribution < -0.4 is 15.4 Å². The molecule has 98 valence electrons. The minimum atomic E-state index is -0.624. The smallest absolute Gasteiger partial charge is 0.246 e. The Balaban J connectivity index is 2.18. The van der Waals surface area contributed by atoms with Crippen molar-refractivity contribution in [2.24, 2.45) is 5.73 Å². The highest BCUT2D eigenvalue weighted by atomic mass is 16.5. The van der Waals surface area contributed by atoms with E-state index >= 15 is 0 Å². The predicted octanol–water partition coefficient (Wildman–Crippen LogP) is 1.85. The average molecular weight is 248 g/mol. The van der Waals surface area contributed by atoms with E-state index in [2.05, 4.69) is 0 Å². The van der Waals surface area contributed by atoms with Gasteiger partial charge in [-0.1, -0.05) is 0 Å². The molecule has 1 fully saturated rings. The van der Waals surface area contributed by atoms with Crippen LogP contribution in [0.1, 0.15) is 25.3 Å². The molecule has 0 saturated heterocycles. The second kappa shape index (κ2) is 4.61. The van der Waals surface area contributed by atoms with Gasteiger partial charge in [0.05, 0.1) is 12.1 Å². The van der Waals surface area contributed by atoms with E-state index in [0.717, 1.165) is 29.8 Å². The number of benzene rings is 1. The molecular weight excluding hydrogens is 228 g/mol. The van der Waals surface area contributed by atoms with E-state index in [-0.39, 0.29) is 5.91 Å². The Bertz CT molecular complexity index is 467. The van der Waals surface area contributed by atoms with Gasteiger partial charge < -0.3 is 15.4 Å².